The van der Waals surface area contributed by atoms with Crippen molar-refractivity contribution in [3.63, 3.8) is 0 Å². The van der Waals surface area contributed by atoms with Crippen molar-refractivity contribution in [2.24, 2.45) is 17.3 Å². The number of nitrogens with one attached hydrogen (secondary N) is 1. The second-order valence-electron chi connectivity index (χ2n) is 6.95. The fourth-order valence-corrected chi connectivity index (χ4v) is 2.56. The molecule has 1 fully saturated rings. The van der Waals surface area contributed by atoms with Crippen molar-refractivity contribution in [2.75, 3.05) is 13.1 Å². The number of carbonyl (C=O) groups is 2. The summed E-state index contributed by atoms with van der Waals surface area (Å²) < 4.78 is 0. The Morgan fingerprint density at radius 1 is 1.40 bits per heavy atom. The number of hydrogen-bond acceptors (Lipinski definition) is 2. The molecular formula is C15H28N2O3. The number of carbonyl (C=O) groups excluding carboxylic acids is 1. The van der Waals surface area contributed by atoms with Crippen molar-refractivity contribution in [1.82, 2.24) is 10.2 Å². The minimum Gasteiger partial charge on any atom is -0.480 e. The molecule has 5 nitrogen and oxygen atoms in total. The first-order valence-electron chi connectivity index (χ1n) is 7.45. The molecule has 1 aliphatic rings. The molecule has 116 valence electrons. The lowest BCUT2D eigenvalue weighted by molar-refractivity contribution is -0.140. The molecule has 1 heterocycles. The quantitative estimate of drug-likeness (QED) is 0.833. The van der Waals surface area contributed by atoms with Crippen LogP contribution in [0.5, 0.6) is 0 Å². The van der Waals surface area contributed by atoms with E-state index in [4.69, 9.17) is 0 Å². The van der Waals surface area contributed by atoms with Crippen LogP contribution in [-0.4, -0.2) is 41.1 Å². The first-order valence-corrected chi connectivity index (χ1v) is 7.45. The van der Waals surface area contributed by atoms with Gasteiger partial charge in [-0.25, -0.2) is 9.59 Å². The van der Waals surface area contributed by atoms with Gasteiger partial charge < -0.3 is 15.3 Å². The third-order valence-corrected chi connectivity index (χ3v) is 4.46. The highest BCUT2D eigenvalue weighted by Crippen LogP contribution is 2.33. The number of urea groups is 1. The summed E-state index contributed by atoms with van der Waals surface area (Å²) in [6.07, 6.45) is 1.71. The van der Waals surface area contributed by atoms with Crippen molar-refractivity contribution in [3.8, 4) is 0 Å². The topological polar surface area (TPSA) is 69.6 Å². The van der Waals surface area contributed by atoms with Gasteiger partial charge in [-0.15, -0.1) is 0 Å². The highest BCUT2D eigenvalue weighted by atomic mass is 16.4. The van der Waals surface area contributed by atoms with Gasteiger partial charge in [0.15, 0.2) is 0 Å². The number of nitrogens with zero attached hydrogens (tertiary/aromatic N) is 1. The molecule has 1 aliphatic heterocycles. The zero-order valence-corrected chi connectivity index (χ0v) is 13.3. The Balaban J connectivity index is 2.61. The summed E-state index contributed by atoms with van der Waals surface area (Å²) in [4.78, 5) is 25.2. The molecule has 0 aromatic heterocycles. The molecule has 0 saturated carbocycles. The van der Waals surface area contributed by atoms with E-state index in [9.17, 15) is 14.7 Å². The van der Waals surface area contributed by atoms with Gasteiger partial charge in [0.1, 0.15) is 6.04 Å². The van der Waals surface area contributed by atoms with Gasteiger partial charge in [-0.05, 0) is 23.7 Å². The van der Waals surface area contributed by atoms with E-state index in [0.717, 1.165) is 12.8 Å². The lowest BCUT2D eigenvalue weighted by Crippen LogP contribution is -2.50. The minimum absolute atomic E-state index is 0.0718. The number of likely N-dealkylation sites (tertiary alicyclic amines) is 1. The maximum atomic E-state index is 12.2. The summed E-state index contributed by atoms with van der Waals surface area (Å²) in [5.74, 6) is -0.558. The van der Waals surface area contributed by atoms with Crippen molar-refractivity contribution >= 4 is 12.0 Å². The monoisotopic (exact) mass is 284 g/mol. The molecule has 3 atom stereocenters. The summed E-state index contributed by atoms with van der Waals surface area (Å²) >= 11 is 0. The smallest absolute Gasteiger partial charge is 0.326 e. The maximum Gasteiger partial charge on any atom is 0.326 e. The van der Waals surface area contributed by atoms with Crippen LogP contribution in [0.25, 0.3) is 0 Å². The Kier molecular flexibility index (Phi) is 5.42. The molecule has 0 aromatic carbocycles. The average Bonchev–Trinajstić information content (AvgIpc) is 2.83. The SMILES string of the molecule is CCC(C)C(NC(=O)N1CCC(C(C)(C)C)C1)C(=O)O. The van der Waals surface area contributed by atoms with Crippen LogP contribution < -0.4 is 5.32 Å². The van der Waals surface area contributed by atoms with Crippen LogP contribution in [-0.2, 0) is 4.79 Å². The molecule has 0 bridgehead atoms. The van der Waals surface area contributed by atoms with E-state index in [1.165, 1.54) is 0 Å². The lowest BCUT2D eigenvalue weighted by atomic mass is 9.80. The second kappa shape index (κ2) is 6.46. The van der Waals surface area contributed by atoms with Crippen LogP contribution in [0.3, 0.4) is 0 Å². The van der Waals surface area contributed by atoms with E-state index in [1.54, 1.807) is 4.90 Å². The van der Waals surface area contributed by atoms with Gasteiger partial charge >= 0.3 is 12.0 Å². The third-order valence-electron chi connectivity index (χ3n) is 4.46. The Hall–Kier alpha value is -1.26. The van der Waals surface area contributed by atoms with Gasteiger partial charge in [-0.3, -0.25) is 0 Å². The first-order chi connectivity index (χ1) is 9.16. The van der Waals surface area contributed by atoms with Crippen molar-refractivity contribution in [2.45, 2.75) is 53.5 Å². The molecule has 2 N–H and O–H groups in total. The number of carboxylic acid groups (broad SMARTS) is 1. The predicted molar refractivity (Wildman–Crippen MR) is 78.5 cm³/mol. The van der Waals surface area contributed by atoms with Crippen LogP contribution >= 0.6 is 0 Å². The van der Waals surface area contributed by atoms with Crippen LogP contribution in [0, 0.1) is 17.3 Å². The third kappa shape index (κ3) is 4.12. The Morgan fingerprint density at radius 2 is 2.00 bits per heavy atom. The summed E-state index contributed by atoms with van der Waals surface area (Å²) in [5.41, 5.74) is 0.179. The van der Waals surface area contributed by atoms with Crippen molar-refractivity contribution < 1.29 is 14.7 Å². The van der Waals surface area contributed by atoms with Crippen LogP contribution in [0.4, 0.5) is 4.79 Å². The molecule has 2 amide bonds. The molecule has 1 saturated heterocycles. The van der Waals surface area contributed by atoms with Gasteiger partial charge in [0.05, 0.1) is 0 Å². The van der Waals surface area contributed by atoms with E-state index in [-0.39, 0.29) is 17.4 Å². The summed E-state index contributed by atoms with van der Waals surface area (Å²) in [5, 5.41) is 11.9. The zero-order valence-electron chi connectivity index (χ0n) is 13.3. The Bertz CT molecular complexity index is 363. The average molecular weight is 284 g/mol. The lowest BCUT2D eigenvalue weighted by Gasteiger charge is -2.28. The molecule has 0 spiro atoms. The fourth-order valence-electron chi connectivity index (χ4n) is 2.56. The van der Waals surface area contributed by atoms with Crippen LogP contribution in [0.1, 0.15) is 47.5 Å². The first kappa shape index (κ1) is 16.8. The van der Waals surface area contributed by atoms with E-state index in [1.807, 2.05) is 13.8 Å². The maximum absolute atomic E-state index is 12.2. The van der Waals surface area contributed by atoms with E-state index in [2.05, 4.69) is 26.1 Å². The zero-order chi connectivity index (χ0) is 15.5. The molecular weight excluding hydrogens is 256 g/mol. The Labute approximate surface area is 121 Å². The number of hydrogen-bond donors (Lipinski definition) is 2. The largest absolute Gasteiger partial charge is 0.480 e. The van der Waals surface area contributed by atoms with Crippen molar-refractivity contribution in [1.29, 1.82) is 0 Å². The molecule has 5 heteroatoms. The molecule has 20 heavy (non-hydrogen) atoms. The van der Waals surface area contributed by atoms with Gasteiger partial charge in [0.25, 0.3) is 0 Å². The van der Waals surface area contributed by atoms with Gasteiger partial charge in [-0.2, -0.15) is 0 Å². The standard InChI is InChI=1S/C15H28N2O3/c1-6-10(2)12(13(18)19)16-14(20)17-8-7-11(9-17)15(3,4)5/h10-12H,6-9H2,1-5H3,(H,16,20)(H,18,19). The predicted octanol–water partition coefficient (Wildman–Crippen LogP) is 2.56. The molecule has 1 rings (SSSR count). The molecule has 3 unspecified atom stereocenters. The number of amides is 2. The summed E-state index contributed by atoms with van der Waals surface area (Å²) in [6.45, 7) is 11.7. The van der Waals surface area contributed by atoms with E-state index in [0.29, 0.717) is 19.0 Å². The summed E-state index contributed by atoms with van der Waals surface area (Å²) in [6, 6.07) is -1.05. The highest BCUT2D eigenvalue weighted by molar-refractivity contribution is 5.82. The van der Waals surface area contributed by atoms with E-state index < -0.39 is 12.0 Å². The number of aliphatic carboxylic acids is 1. The summed E-state index contributed by atoms with van der Waals surface area (Å²) in [7, 11) is 0. The van der Waals surface area contributed by atoms with Crippen LogP contribution in [0.15, 0.2) is 0 Å². The minimum atomic E-state index is -0.959. The highest BCUT2D eigenvalue weighted by Gasteiger charge is 2.35. The number of rotatable bonds is 4. The molecule has 0 radical (unpaired) electrons. The van der Waals surface area contributed by atoms with Crippen molar-refractivity contribution in [3.05, 3.63) is 0 Å². The molecule has 0 aromatic rings. The second-order valence-corrected chi connectivity index (χ2v) is 6.95. The van der Waals surface area contributed by atoms with Crippen LogP contribution in [0.2, 0.25) is 0 Å². The van der Waals surface area contributed by atoms with Gasteiger partial charge in [0.2, 0.25) is 0 Å². The molecule has 0 aliphatic carbocycles. The van der Waals surface area contributed by atoms with Gasteiger partial charge in [-0.1, -0.05) is 41.0 Å². The number of carboxylic acids is 1. The van der Waals surface area contributed by atoms with Gasteiger partial charge in [0, 0.05) is 13.1 Å². The normalized spacial score (nSPS) is 22.4. The Morgan fingerprint density at radius 3 is 2.40 bits per heavy atom. The van der Waals surface area contributed by atoms with E-state index >= 15 is 0 Å². The fraction of sp³-hybridized carbons (Fsp3) is 0.867.